The van der Waals surface area contributed by atoms with Crippen molar-refractivity contribution < 1.29 is 14.2 Å². The molecule has 6 heteroatoms. The van der Waals surface area contributed by atoms with Crippen molar-refractivity contribution >= 4 is 0 Å². The van der Waals surface area contributed by atoms with E-state index in [0.717, 1.165) is 17.5 Å². The maximum Gasteiger partial charge on any atom is 0.168 e. The lowest BCUT2D eigenvalue weighted by Crippen LogP contribution is -2.55. The standard InChI is InChI=1S/C17H20FN3O2/c1-23-15-6-4-10-11(16(15)18)3-5-12(10)20-13-9-14(22)17(13)21-8-2-7-19-21/h2,4,6-8,12-14,17,20,22H,3,5,9H2,1H3/t12?,13-,14+,17+/m0/s1. The fraction of sp³-hybridized carbons (Fsp3) is 0.471. The molecular formula is C17H20FN3O2. The second-order valence-electron chi connectivity index (χ2n) is 6.29. The van der Waals surface area contributed by atoms with Crippen molar-refractivity contribution in [3.63, 3.8) is 0 Å². The number of aliphatic hydroxyl groups is 1. The molecule has 1 aromatic heterocycles. The maximum atomic E-state index is 14.3. The molecule has 4 atom stereocenters. The zero-order valence-corrected chi connectivity index (χ0v) is 12.9. The topological polar surface area (TPSA) is 59.3 Å². The van der Waals surface area contributed by atoms with E-state index in [0.29, 0.717) is 18.6 Å². The molecule has 2 N–H and O–H groups in total. The van der Waals surface area contributed by atoms with Gasteiger partial charge in [-0.2, -0.15) is 5.10 Å². The van der Waals surface area contributed by atoms with E-state index in [1.165, 1.54) is 7.11 Å². The molecule has 2 aliphatic carbocycles. The van der Waals surface area contributed by atoms with Gasteiger partial charge in [-0.3, -0.25) is 4.68 Å². The second-order valence-corrected chi connectivity index (χ2v) is 6.29. The van der Waals surface area contributed by atoms with E-state index >= 15 is 0 Å². The van der Waals surface area contributed by atoms with E-state index in [9.17, 15) is 9.50 Å². The van der Waals surface area contributed by atoms with Crippen LogP contribution in [-0.4, -0.2) is 34.1 Å². The number of methoxy groups -OCH3 is 1. The van der Waals surface area contributed by atoms with Crippen LogP contribution in [0.4, 0.5) is 4.39 Å². The highest BCUT2D eigenvalue weighted by Gasteiger charge is 2.43. The van der Waals surface area contributed by atoms with Crippen LogP contribution in [0.5, 0.6) is 5.75 Å². The molecule has 0 spiro atoms. The fourth-order valence-corrected chi connectivity index (χ4v) is 3.82. The summed E-state index contributed by atoms with van der Waals surface area (Å²) in [5.74, 6) is 0.0597. The molecule has 4 rings (SSSR count). The summed E-state index contributed by atoms with van der Waals surface area (Å²) in [7, 11) is 1.49. The molecule has 0 saturated heterocycles. The Kier molecular flexibility index (Phi) is 3.58. The van der Waals surface area contributed by atoms with Gasteiger partial charge >= 0.3 is 0 Å². The van der Waals surface area contributed by atoms with Crippen molar-refractivity contribution in [2.24, 2.45) is 0 Å². The van der Waals surface area contributed by atoms with Gasteiger partial charge < -0.3 is 15.2 Å². The van der Waals surface area contributed by atoms with Gasteiger partial charge in [-0.25, -0.2) is 4.39 Å². The number of rotatable bonds is 4. The van der Waals surface area contributed by atoms with Crippen molar-refractivity contribution in [2.75, 3.05) is 7.11 Å². The monoisotopic (exact) mass is 317 g/mol. The van der Waals surface area contributed by atoms with Gasteiger partial charge in [-0.15, -0.1) is 0 Å². The summed E-state index contributed by atoms with van der Waals surface area (Å²) < 4.78 is 21.2. The third-order valence-corrected chi connectivity index (χ3v) is 5.07. The molecule has 2 aliphatic rings. The van der Waals surface area contributed by atoms with Crippen molar-refractivity contribution in [1.29, 1.82) is 0 Å². The molecule has 0 amide bonds. The van der Waals surface area contributed by atoms with Crippen LogP contribution in [0.3, 0.4) is 0 Å². The SMILES string of the molecule is COc1ccc2c(c1F)CCC2N[C@H]1C[C@@H](O)[C@@H]1n1cccn1. The van der Waals surface area contributed by atoms with Crippen LogP contribution in [0.2, 0.25) is 0 Å². The Balaban J connectivity index is 1.53. The highest BCUT2D eigenvalue weighted by Crippen LogP contribution is 2.40. The lowest BCUT2D eigenvalue weighted by molar-refractivity contribution is -0.0117. The summed E-state index contributed by atoms with van der Waals surface area (Å²) in [4.78, 5) is 0. The van der Waals surface area contributed by atoms with E-state index in [-0.39, 0.29) is 30.0 Å². The molecule has 2 aromatic rings. The number of nitrogens with zero attached hydrogens (tertiary/aromatic N) is 2. The van der Waals surface area contributed by atoms with E-state index in [1.807, 2.05) is 18.3 Å². The van der Waals surface area contributed by atoms with Gasteiger partial charge in [0.05, 0.1) is 19.3 Å². The van der Waals surface area contributed by atoms with Crippen molar-refractivity contribution in [3.8, 4) is 5.75 Å². The van der Waals surface area contributed by atoms with Gasteiger partial charge in [0.25, 0.3) is 0 Å². The third-order valence-electron chi connectivity index (χ3n) is 5.07. The predicted octanol–water partition coefficient (Wildman–Crippen LogP) is 1.98. The molecule has 1 unspecified atom stereocenters. The quantitative estimate of drug-likeness (QED) is 0.905. The summed E-state index contributed by atoms with van der Waals surface area (Å²) >= 11 is 0. The van der Waals surface area contributed by atoms with Crippen LogP contribution < -0.4 is 10.1 Å². The maximum absolute atomic E-state index is 14.3. The number of nitrogens with one attached hydrogen (secondary N) is 1. The molecule has 5 nitrogen and oxygen atoms in total. The normalized spacial score (nSPS) is 29.2. The Morgan fingerprint density at radius 2 is 2.30 bits per heavy atom. The number of halogens is 1. The first kappa shape index (κ1) is 14.7. The number of fused-ring (bicyclic) bond motifs is 1. The van der Waals surface area contributed by atoms with Crippen LogP contribution >= 0.6 is 0 Å². The molecule has 1 saturated carbocycles. The Hall–Kier alpha value is -1.92. The van der Waals surface area contributed by atoms with Gasteiger partial charge in [0.15, 0.2) is 11.6 Å². The molecule has 23 heavy (non-hydrogen) atoms. The summed E-state index contributed by atoms with van der Waals surface area (Å²) in [5, 5.41) is 17.9. The molecule has 1 fully saturated rings. The Morgan fingerprint density at radius 1 is 1.43 bits per heavy atom. The number of hydrogen-bond donors (Lipinski definition) is 2. The van der Waals surface area contributed by atoms with E-state index in [2.05, 4.69) is 10.4 Å². The minimum Gasteiger partial charge on any atom is -0.494 e. The first-order valence-corrected chi connectivity index (χ1v) is 7.97. The lowest BCUT2D eigenvalue weighted by atomic mass is 9.82. The molecular weight excluding hydrogens is 297 g/mol. The second kappa shape index (κ2) is 5.62. The van der Waals surface area contributed by atoms with Crippen LogP contribution in [0.1, 0.15) is 36.1 Å². The van der Waals surface area contributed by atoms with Gasteiger partial charge in [-0.05, 0) is 42.5 Å². The highest BCUT2D eigenvalue weighted by atomic mass is 19.1. The third kappa shape index (κ3) is 2.33. The predicted molar refractivity (Wildman–Crippen MR) is 82.8 cm³/mol. The average molecular weight is 317 g/mol. The smallest absolute Gasteiger partial charge is 0.168 e. The van der Waals surface area contributed by atoms with E-state index in [1.54, 1.807) is 16.9 Å². The number of aliphatic hydroxyl groups excluding tert-OH is 1. The van der Waals surface area contributed by atoms with Crippen LogP contribution in [0.15, 0.2) is 30.6 Å². The highest BCUT2D eigenvalue weighted by molar-refractivity contribution is 5.42. The summed E-state index contributed by atoms with van der Waals surface area (Å²) in [6.07, 6.45) is 5.45. The van der Waals surface area contributed by atoms with Crippen molar-refractivity contribution in [3.05, 3.63) is 47.5 Å². The number of benzene rings is 1. The molecule has 122 valence electrons. The van der Waals surface area contributed by atoms with Crippen LogP contribution in [-0.2, 0) is 6.42 Å². The lowest BCUT2D eigenvalue weighted by Gasteiger charge is -2.43. The largest absolute Gasteiger partial charge is 0.494 e. The van der Waals surface area contributed by atoms with Gasteiger partial charge in [0.1, 0.15) is 0 Å². The molecule has 0 aliphatic heterocycles. The zero-order chi connectivity index (χ0) is 16.0. The number of hydrogen-bond acceptors (Lipinski definition) is 4. The minimum absolute atomic E-state index is 0.0582. The van der Waals surface area contributed by atoms with E-state index < -0.39 is 0 Å². The van der Waals surface area contributed by atoms with Gasteiger partial charge in [-0.1, -0.05) is 6.07 Å². The van der Waals surface area contributed by atoms with E-state index in [4.69, 9.17) is 4.74 Å². The van der Waals surface area contributed by atoms with Crippen LogP contribution in [0.25, 0.3) is 0 Å². The Morgan fingerprint density at radius 3 is 3.00 bits per heavy atom. The van der Waals surface area contributed by atoms with Gasteiger partial charge in [0, 0.05) is 24.5 Å². The van der Waals surface area contributed by atoms with Gasteiger partial charge in [0.2, 0.25) is 0 Å². The van der Waals surface area contributed by atoms with Crippen LogP contribution in [0, 0.1) is 5.82 Å². The summed E-state index contributed by atoms with van der Waals surface area (Å²) in [6, 6.07) is 5.69. The molecule has 0 bridgehead atoms. The number of aromatic nitrogens is 2. The van der Waals surface area contributed by atoms with Crippen molar-refractivity contribution in [2.45, 2.75) is 43.5 Å². The average Bonchev–Trinajstić information content (AvgIpc) is 3.18. The summed E-state index contributed by atoms with van der Waals surface area (Å²) in [6.45, 7) is 0. The van der Waals surface area contributed by atoms with Crippen molar-refractivity contribution in [1.82, 2.24) is 15.1 Å². The molecule has 1 heterocycles. The fourth-order valence-electron chi connectivity index (χ4n) is 3.82. The first-order valence-electron chi connectivity index (χ1n) is 7.97. The first-order chi connectivity index (χ1) is 11.2. The Labute approximate surface area is 134 Å². The minimum atomic E-state index is -0.388. The number of ether oxygens (including phenoxy) is 1. The molecule has 0 radical (unpaired) electrons. The molecule has 1 aromatic carbocycles. The zero-order valence-electron chi connectivity index (χ0n) is 12.9. The Bertz CT molecular complexity index is 704. The summed E-state index contributed by atoms with van der Waals surface area (Å²) in [5.41, 5.74) is 1.75.